The summed E-state index contributed by atoms with van der Waals surface area (Å²) in [5.41, 5.74) is 1.28. The van der Waals surface area contributed by atoms with Crippen molar-refractivity contribution >= 4 is 53.4 Å². The topological polar surface area (TPSA) is 86.2 Å². The van der Waals surface area contributed by atoms with E-state index < -0.39 is 0 Å². The Morgan fingerprint density at radius 3 is 2.71 bits per heavy atom. The zero-order valence-corrected chi connectivity index (χ0v) is 16.3. The molecular weight excluding hydrogens is 460 g/mol. The van der Waals surface area contributed by atoms with E-state index in [4.69, 9.17) is 0 Å². The zero-order chi connectivity index (χ0) is 17.0. The lowest BCUT2D eigenvalue weighted by Crippen LogP contribution is -2.11. The molecule has 0 spiro atoms. The number of phenols is 2. The molecule has 1 aromatic carbocycles. The number of H-pyrrole nitrogens is 1. The second-order valence-corrected chi connectivity index (χ2v) is 8.45. The molecule has 0 amide bonds. The summed E-state index contributed by atoms with van der Waals surface area (Å²) < 4.78 is 0.551. The van der Waals surface area contributed by atoms with E-state index in [1.54, 1.807) is 11.3 Å². The second kappa shape index (κ2) is 5.86. The number of aromatic nitrogens is 2. The van der Waals surface area contributed by atoms with Crippen molar-refractivity contribution in [2.75, 3.05) is 0 Å². The van der Waals surface area contributed by atoms with Gasteiger partial charge in [0.25, 0.3) is 5.56 Å². The van der Waals surface area contributed by atoms with Crippen LogP contribution >= 0.6 is 43.2 Å². The first-order valence-electron chi connectivity index (χ1n) is 7.42. The van der Waals surface area contributed by atoms with Crippen molar-refractivity contribution in [2.24, 2.45) is 0 Å². The Balaban J connectivity index is 1.98. The molecule has 4 rings (SSSR count). The molecule has 5 nitrogen and oxygen atoms in total. The van der Waals surface area contributed by atoms with Gasteiger partial charge in [-0.15, -0.1) is 11.3 Å². The Morgan fingerprint density at radius 2 is 1.92 bits per heavy atom. The van der Waals surface area contributed by atoms with Crippen molar-refractivity contribution in [3.8, 4) is 22.9 Å². The van der Waals surface area contributed by atoms with Gasteiger partial charge in [-0.05, 0) is 69.2 Å². The Kier molecular flexibility index (Phi) is 3.93. The van der Waals surface area contributed by atoms with Crippen LogP contribution in [0, 0.1) is 0 Å². The molecule has 1 aliphatic rings. The number of hydrogen-bond donors (Lipinski definition) is 3. The van der Waals surface area contributed by atoms with E-state index >= 15 is 0 Å². The van der Waals surface area contributed by atoms with Gasteiger partial charge in [0.2, 0.25) is 0 Å². The third-order valence-corrected chi connectivity index (χ3v) is 6.79. The van der Waals surface area contributed by atoms with Crippen molar-refractivity contribution in [2.45, 2.75) is 25.7 Å². The first kappa shape index (κ1) is 16.1. The van der Waals surface area contributed by atoms with Gasteiger partial charge in [0.1, 0.15) is 26.6 Å². The molecule has 2 heterocycles. The standard InChI is InChI=1S/C16H12Br2N2O3S/c17-8-5-7(12(21)11(18)13(8)22)14-19-15(23)10-6-3-1-2-4-9(6)24-16(10)20-14/h5,21-22H,1-4H2,(H,19,20,23). The maximum absolute atomic E-state index is 12.6. The number of aryl methyl sites for hydroxylation is 2. The van der Waals surface area contributed by atoms with Gasteiger partial charge in [-0.3, -0.25) is 4.79 Å². The number of rotatable bonds is 1. The normalized spacial score (nSPS) is 14.1. The summed E-state index contributed by atoms with van der Waals surface area (Å²) in [7, 11) is 0. The van der Waals surface area contributed by atoms with Crippen LogP contribution in [-0.2, 0) is 12.8 Å². The van der Waals surface area contributed by atoms with Gasteiger partial charge in [-0.2, -0.15) is 0 Å². The lowest BCUT2D eigenvalue weighted by molar-refractivity contribution is 0.443. The molecule has 3 N–H and O–H groups in total. The van der Waals surface area contributed by atoms with Crippen LogP contribution in [0.3, 0.4) is 0 Å². The van der Waals surface area contributed by atoms with Gasteiger partial charge in [0.15, 0.2) is 0 Å². The molecule has 0 unspecified atom stereocenters. The van der Waals surface area contributed by atoms with E-state index in [1.165, 1.54) is 10.9 Å². The molecule has 124 valence electrons. The third-order valence-electron chi connectivity index (χ3n) is 4.25. The van der Waals surface area contributed by atoms with Crippen LogP contribution in [0.4, 0.5) is 0 Å². The van der Waals surface area contributed by atoms with E-state index in [1.807, 2.05) is 0 Å². The number of hydrogen-bond acceptors (Lipinski definition) is 5. The minimum atomic E-state index is -0.186. The molecule has 1 aliphatic carbocycles. The fourth-order valence-corrected chi connectivity index (χ4v) is 5.45. The van der Waals surface area contributed by atoms with Gasteiger partial charge in [0, 0.05) is 4.88 Å². The van der Waals surface area contributed by atoms with Crippen LogP contribution in [0.2, 0.25) is 0 Å². The average Bonchev–Trinajstić information content (AvgIpc) is 2.95. The Hall–Kier alpha value is -1.38. The van der Waals surface area contributed by atoms with E-state index in [9.17, 15) is 15.0 Å². The molecule has 0 fully saturated rings. The summed E-state index contributed by atoms with van der Waals surface area (Å²) >= 11 is 7.93. The zero-order valence-electron chi connectivity index (χ0n) is 12.3. The summed E-state index contributed by atoms with van der Waals surface area (Å²) in [6.45, 7) is 0. The monoisotopic (exact) mass is 470 g/mol. The second-order valence-electron chi connectivity index (χ2n) is 5.72. The maximum atomic E-state index is 12.6. The van der Waals surface area contributed by atoms with E-state index in [-0.39, 0.29) is 27.4 Å². The molecule has 0 radical (unpaired) electrons. The third kappa shape index (κ3) is 2.39. The Morgan fingerprint density at radius 1 is 1.17 bits per heavy atom. The van der Waals surface area contributed by atoms with Crippen molar-refractivity contribution < 1.29 is 10.2 Å². The number of nitrogens with zero attached hydrogens (tertiary/aromatic N) is 1. The van der Waals surface area contributed by atoms with Crippen molar-refractivity contribution in [1.29, 1.82) is 0 Å². The largest absolute Gasteiger partial charge is 0.506 e. The number of halogens is 2. The summed E-state index contributed by atoms with van der Waals surface area (Å²) in [4.78, 5) is 21.9. The number of fused-ring (bicyclic) bond motifs is 3. The lowest BCUT2D eigenvalue weighted by Gasteiger charge is -2.10. The van der Waals surface area contributed by atoms with Crippen LogP contribution < -0.4 is 5.56 Å². The number of phenolic OH excluding ortho intramolecular Hbond substituents is 2. The Labute approximate surface area is 157 Å². The number of thiophene rings is 1. The molecular formula is C16H12Br2N2O3S. The van der Waals surface area contributed by atoms with Crippen molar-refractivity contribution in [3.05, 3.63) is 35.8 Å². The molecule has 0 saturated heterocycles. The lowest BCUT2D eigenvalue weighted by atomic mass is 9.97. The van der Waals surface area contributed by atoms with E-state index in [0.717, 1.165) is 31.2 Å². The van der Waals surface area contributed by atoms with Gasteiger partial charge in [0.05, 0.1) is 15.4 Å². The summed E-state index contributed by atoms with van der Waals surface area (Å²) in [5, 5.41) is 20.8. The molecule has 24 heavy (non-hydrogen) atoms. The van der Waals surface area contributed by atoms with Gasteiger partial charge < -0.3 is 15.2 Å². The quantitative estimate of drug-likeness (QED) is 0.488. The fraction of sp³-hybridized carbons (Fsp3) is 0.250. The highest BCUT2D eigenvalue weighted by atomic mass is 79.9. The predicted molar refractivity (Wildman–Crippen MR) is 101 cm³/mol. The SMILES string of the molecule is O=c1[nH]c(-c2cc(Br)c(O)c(Br)c2O)nc2sc3c(c12)CCCC3. The molecule has 8 heteroatoms. The summed E-state index contributed by atoms with van der Waals surface area (Å²) in [6.07, 6.45) is 4.15. The minimum Gasteiger partial charge on any atom is -0.506 e. The molecule has 0 bridgehead atoms. The number of aromatic hydroxyl groups is 2. The predicted octanol–water partition coefficient (Wildman–Crippen LogP) is 4.47. The highest BCUT2D eigenvalue weighted by Crippen LogP contribution is 2.44. The minimum absolute atomic E-state index is 0.105. The van der Waals surface area contributed by atoms with E-state index in [0.29, 0.717) is 20.3 Å². The smallest absolute Gasteiger partial charge is 0.260 e. The van der Waals surface area contributed by atoms with Crippen LogP contribution in [-0.4, -0.2) is 20.2 Å². The molecule has 2 aromatic heterocycles. The molecule has 0 atom stereocenters. The van der Waals surface area contributed by atoms with Crippen molar-refractivity contribution in [3.63, 3.8) is 0 Å². The first-order valence-corrected chi connectivity index (χ1v) is 9.82. The van der Waals surface area contributed by atoms with Gasteiger partial charge >= 0.3 is 0 Å². The van der Waals surface area contributed by atoms with Crippen LogP contribution in [0.15, 0.2) is 19.8 Å². The number of nitrogens with one attached hydrogen (secondary N) is 1. The average molecular weight is 472 g/mol. The van der Waals surface area contributed by atoms with Gasteiger partial charge in [-0.25, -0.2) is 4.98 Å². The highest BCUT2D eigenvalue weighted by molar-refractivity contribution is 9.11. The van der Waals surface area contributed by atoms with Crippen LogP contribution in [0.5, 0.6) is 11.5 Å². The highest BCUT2D eigenvalue weighted by Gasteiger charge is 2.22. The van der Waals surface area contributed by atoms with Gasteiger partial charge in [-0.1, -0.05) is 0 Å². The molecule has 3 aromatic rings. The summed E-state index contributed by atoms with van der Waals surface area (Å²) in [5.74, 6) is 0.00998. The first-order chi connectivity index (χ1) is 11.5. The number of benzene rings is 1. The fourth-order valence-electron chi connectivity index (χ4n) is 3.07. The van der Waals surface area contributed by atoms with Crippen LogP contribution in [0.25, 0.3) is 21.6 Å². The summed E-state index contributed by atoms with van der Waals surface area (Å²) in [6, 6.07) is 1.53. The molecule has 0 saturated carbocycles. The maximum Gasteiger partial charge on any atom is 0.260 e. The molecule has 0 aliphatic heterocycles. The van der Waals surface area contributed by atoms with Crippen molar-refractivity contribution in [1.82, 2.24) is 9.97 Å². The van der Waals surface area contributed by atoms with Crippen LogP contribution in [0.1, 0.15) is 23.3 Å². The number of aromatic amines is 1. The van der Waals surface area contributed by atoms with E-state index in [2.05, 4.69) is 41.8 Å². The Bertz CT molecular complexity index is 1040.